The molecular formula is C7H13NO3S. The summed E-state index contributed by atoms with van der Waals surface area (Å²) in [4.78, 5) is 21.2. The first-order valence-electron chi connectivity index (χ1n) is 3.54. The van der Waals surface area contributed by atoms with Gasteiger partial charge in [0.1, 0.15) is 6.04 Å². The Morgan fingerprint density at radius 3 is 2.58 bits per heavy atom. The summed E-state index contributed by atoms with van der Waals surface area (Å²) in [5.74, 6) is -0.468. The van der Waals surface area contributed by atoms with Crippen molar-refractivity contribution in [2.24, 2.45) is 5.73 Å². The number of hydrogen-bond donors (Lipinski definition) is 1. The van der Waals surface area contributed by atoms with E-state index in [1.807, 2.05) is 6.26 Å². The second-order valence-electron chi connectivity index (χ2n) is 2.30. The van der Waals surface area contributed by atoms with Gasteiger partial charge in [-0.05, 0) is 18.4 Å². The van der Waals surface area contributed by atoms with Gasteiger partial charge in [-0.3, -0.25) is 4.79 Å². The predicted octanol–water partition coefficient (Wildman–Crippen LogP) is 0.156. The zero-order valence-corrected chi connectivity index (χ0v) is 8.02. The highest BCUT2D eigenvalue weighted by Crippen LogP contribution is 2.00. The Balaban J connectivity index is 3.69. The highest BCUT2D eigenvalue weighted by atomic mass is 32.2. The number of esters is 2. The van der Waals surface area contributed by atoms with Crippen LogP contribution in [0.3, 0.4) is 0 Å². The Labute approximate surface area is 75.8 Å². The maximum absolute atomic E-state index is 10.9. The van der Waals surface area contributed by atoms with Crippen molar-refractivity contribution in [3.05, 3.63) is 0 Å². The highest BCUT2D eigenvalue weighted by Gasteiger charge is 2.15. The molecular weight excluding hydrogens is 178 g/mol. The van der Waals surface area contributed by atoms with Gasteiger partial charge in [0.25, 0.3) is 0 Å². The molecule has 12 heavy (non-hydrogen) atoms. The first-order chi connectivity index (χ1) is 5.57. The molecule has 0 bridgehead atoms. The molecule has 5 heteroatoms. The molecule has 0 saturated heterocycles. The molecule has 4 nitrogen and oxygen atoms in total. The molecule has 0 fully saturated rings. The van der Waals surface area contributed by atoms with E-state index < -0.39 is 18.0 Å². The summed E-state index contributed by atoms with van der Waals surface area (Å²) >= 11 is 1.59. The number of thioether (sulfide) groups is 1. The fourth-order valence-corrected chi connectivity index (χ4v) is 1.07. The first kappa shape index (κ1) is 11.4. The van der Waals surface area contributed by atoms with Crippen molar-refractivity contribution in [3.8, 4) is 0 Å². The van der Waals surface area contributed by atoms with Crippen molar-refractivity contribution in [2.45, 2.75) is 19.4 Å². The quantitative estimate of drug-likeness (QED) is 0.506. The Morgan fingerprint density at radius 1 is 1.58 bits per heavy atom. The zero-order valence-electron chi connectivity index (χ0n) is 7.20. The first-order valence-corrected chi connectivity index (χ1v) is 4.94. The summed E-state index contributed by atoms with van der Waals surface area (Å²) in [5.41, 5.74) is 5.41. The molecule has 0 aliphatic heterocycles. The van der Waals surface area contributed by atoms with Gasteiger partial charge in [0.2, 0.25) is 0 Å². The highest BCUT2D eigenvalue weighted by molar-refractivity contribution is 7.98. The fraction of sp³-hybridized carbons (Fsp3) is 0.714. The average molecular weight is 191 g/mol. The van der Waals surface area contributed by atoms with E-state index in [1.165, 1.54) is 6.92 Å². The number of nitrogens with two attached hydrogens (primary N) is 1. The van der Waals surface area contributed by atoms with Crippen molar-refractivity contribution >= 4 is 23.7 Å². The van der Waals surface area contributed by atoms with E-state index in [-0.39, 0.29) is 0 Å². The molecule has 0 heterocycles. The van der Waals surface area contributed by atoms with Gasteiger partial charge in [0.15, 0.2) is 0 Å². The van der Waals surface area contributed by atoms with Crippen molar-refractivity contribution in [2.75, 3.05) is 12.0 Å². The van der Waals surface area contributed by atoms with Crippen molar-refractivity contribution in [1.29, 1.82) is 0 Å². The summed E-state index contributed by atoms with van der Waals surface area (Å²) in [6.07, 6.45) is 2.45. The minimum absolute atomic E-state index is 0.535. The monoisotopic (exact) mass is 191 g/mol. The molecule has 1 atom stereocenters. The third-order valence-corrected chi connectivity index (χ3v) is 1.82. The average Bonchev–Trinajstić information content (AvgIpc) is 1.98. The van der Waals surface area contributed by atoms with Crippen LogP contribution in [-0.4, -0.2) is 30.0 Å². The maximum atomic E-state index is 10.9. The SMILES string of the molecule is CSCC[C@H](N)C(=O)OC(C)=O. The second kappa shape index (κ2) is 6.02. The van der Waals surface area contributed by atoms with E-state index in [4.69, 9.17) is 5.73 Å². The van der Waals surface area contributed by atoms with Crippen LogP contribution in [0.1, 0.15) is 13.3 Å². The van der Waals surface area contributed by atoms with Gasteiger partial charge in [-0.1, -0.05) is 0 Å². The molecule has 0 spiro atoms. The lowest BCUT2D eigenvalue weighted by Crippen LogP contribution is -2.33. The van der Waals surface area contributed by atoms with E-state index in [0.29, 0.717) is 6.42 Å². The largest absolute Gasteiger partial charge is 0.392 e. The van der Waals surface area contributed by atoms with Gasteiger partial charge < -0.3 is 10.5 Å². The molecule has 0 rings (SSSR count). The summed E-state index contributed by atoms with van der Waals surface area (Å²) < 4.78 is 4.30. The van der Waals surface area contributed by atoms with Gasteiger partial charge in [-0.25, -0.2) is 4.79 Å². The number of ether oxygens (including phenoxy) is 1. The minimum Gasteiger partial charge on any atom is -0.392 e. The van der Waals surface area contributed by atoms with E-state index in [1.54, 1.807) is 11.8 Å². The molecule has 70 valence electrons. The van der Waals surface area contributed by atoms with Crippen LogP contribution in [-0.2, 0) is 14.3 Å². The Morgan fingerprint density at radius 2 is 2.17 bits per heavy atom. The zero-order chi connectivity index (χ0) is 9.56. The van der Waals surface area contributed by atoms with E-state index >= 15 is 0 Å². The van der Waals surface area contributed by atoms with Crippen LogP contribution in [0.2, 0.25) is 0 Å². The van der Waals surface area contributed by atoms with Crippen molar-refractivity contribution in [3.63, 3.8) is 0 Å². The molecule has 2 N–H and O–H groups in total. The number of rotatable bonds is 4. The molecule has 0 aromatic rings. The normalized spacial score (nSPS) is 12.2. The molecule has 0 aromatic carbocycles. The molecule has 0 saturated carbocycles. The van der Waals surface area contributed by atoms with Gasteiger partial charge in [-0.2, -0.15) is 11.8 Å². The van der Waals surface area contributed by atoms with Crippen LogP contribution in [0.4, 0.5) is 0 Å². The molecule has 0 aliphatic rings. The Kier molecular flexibility index (Phi) is 5.74. The van der Waals surface area contributed by atoms with Crippen LogP contribution in [0.5, 0.6) is 0 Å². The summed E-state index contributed by atoms with van der Waals surface area (Å²) in [7, 11) is 0. The lowest BCUT2D eigenvalue weighted by Gasteiger charge is -2.07. The van der Waals surface area contributed by atoms with E-state index in [0.717, 1.165) is 5.75 Å². The third-order valence-electron chi connectivity index (χ3n) is 1.18. The second-order valence-corrected chi connectivity index (χ2v) is 3.29. The lowest BCUT2D eigenvalue weighted by atomic mass is 10.2. The molecule has 0 aromatic heterocycles. The van der Waals surface area contributed by atoms with Crippen LogP contribution in [0.15, 0.2) is 0 Å². The molecule has 0 radical (unpaired) electrons. The number of carbonyl (C=O) groups is 2. The topological polar surface area (TPSA) is 69.4 Å². The van der Waals surface area contributed by atoms with Gasteiger partial charge in [-0.15, -0.1) is 0 Å². The van der Waals surface area contributed by atoms with Crippen molar-refractivity contribution < 1.29 is 14.3 Å². The smallest absolute Gasteiger partial charge is 0.330 e. The number of carbonyl (C=O) groups excluding carboxylic acids is 2. The van der Waals surface area contributed by atoms with Gasteiger partial charge in [0, 0.05) is 6.92 Å². The summed E-state index contributed by atoms with van der Waals surface area (Å²) in [6.45, 7) is 1.18. The van der Waals surface area contributed by atoms with E-state index in [2.05, 4.69) is 4.74 Å². The summed E-state index contributed by atoms with van der Waals surface area (Å²) in [5, 5.41) is 0. The van der Waals surface area contributed by atoms with Crippen LogP contribution >= 0.6 is 11.8 Å². The molecule has 0 unspecified atom stereocenters. The van der Waals surface area contributed by atoms with Crippen LogP contribution in [0, 0.1) is 0 Å². The van der Waals surface area contributed by atoms with E-state index in [9.17, 15) is 9.59 Å². The van der Waals surface area contributed by atoms with Gasteiger partial charge >= 0.3 is 11.9 Å². The fourth-order valence-electron chi connectivity index (χ4n) is 0.580. The van der Waals surface area contributed by atoms with Crippen molar-refractivity contribution in [1.82, 2.24) is 0 Å². The lowest BCUT2D eigenvalue weighted by molar-refractivity contribution is -0.159. The maximum Gasteiger partial charge on any atom is 0.330 e. The predicted molar refractivity (Wildman–Crippen MR) is 47.7 cm³/mol. The number of hydrogen-bond acceptors (Lipinski definition) is 5. The Bertz CT molecular complexity index is 172. The molecule has 0 amide bonds. The standard InChI is InChI=1S/C7H13NO3S/c1-5(9)11-7(10)6(8)3-4-12-2/h6H,3-4,8H2,1-2H3/t6-/m0/s1. The third kappa shape index (κ3) is 5.15. The van der Waals surface area contributed by atoms with Gasteiger partial charge in [0.05, 0.1) is 0 Å². The molecule has 0 aliphatic carbocycles. The van der Waals surface area contributed by atoms with Crippen LogP contribution < -0.4 is 5.73 Å². The Hall–Kier alpha value is -0.550. The minimum atomic E-state index is -0.679. The van der Waals surface area contributed by atoms with Crippen LogP contribution in [0.25, 0.3) is 0 Å². The summed E-state index contributed by atoms with van der Waals surface area (Å²) in [6, 6.07) is -0.679.